The third-order valence-corrected chi connectivity index (χ3v) is 5.95. The van der Waals surface area contributed by atoms with Crippen LogP contribution >= 0.6 is 15.9 Å². The fourth-order valence-electron chi connectivity index (χ4n) is 3.19. The predicted octanol–water partition coefficient (Wildman–Crippen LogP) is 4.97. The zero-order valence-corrected chi connectivity index (χ0v) is 22.6. The first kappa shape index (κ1) is 28.4. The molecular weight excluding hydrogens is 554 g/mol. The fraction of sp³-hybridized carbons (Fsp3) is 0.214. The average molecular weight is 582 g/mol. The summed E-state index contributed by atoms with van der Waals surface area (Å²) < 4.78 is 11.5. The molecule has 0 fully saturated rings. The van der Waals surface area contributed by atoms with Crippen LogP contribution in [0.2, 0.25) is 0 Å². The molecule has 0 heterocycles. The van der Waals surface area contributed by atoms with E-state index in [2.05, 4.69) is 32.1 Å². The molecule has 3 amide bonds. The van der Waals surface area contributed by atoms with Gasteiger partial charge < -0.3 is 14.8 Å². The lowest BCUT2D eigenvalue weighted by Crippen LogP contribution is -2.43. The summed E-state index contributed by atoms with van der Waals surface area (Å²) in [4.78, 5) is 47.8. The summed E-state index contributed by atoms with van der Waals surface area (Å²) >= 11 is 3.27. The number of anilines is 1. The van der Waals surface area contributed by atoms with Gasteiger partial charge in [-0.2, -0.15) is 0 Å². The summed E-state index contributed by atoms with van der Waals surface area (Å²) in [5.41, 5.74) is 7.69. The molecule has 0 saturated carbocycles. The molecule has 10 heteroatoms. The lowest BCUT2D eigenvalue weighted by Gasteiger charge is -2.10. The molecule has 38 heavy (non-hydrogen) atoms. The van der Waals surface area contributed by atoms with Crippen molar-refractivity contribution in [2.24, 2.45) is 0 Å². The number of nitrogens with one attached hydrogen (secondary N) is 3. The molecule has 3 N–H and O–H groups in total. The van der Waals surface area contributed by atoms with E-state index in [0.717, 1.165) is 15.8 Å². The van der Waals surface area contributed by atoms with Crippen LogP contribution in [-0.2, 0) is 19.1 Å². The number of esters is 1. The lowest BCUT2D eigenvalue weighted by molar-refractivity contribution is -0.148. The van der Waals surface area contributed by atoms with Gasteiger partial charge in [0.2, 0.25) is 5.91 Å². The van der Waals surface area contributed by atoms with E-state index in [1.807, 2.05) is 32.0 Å². The number of aryl methyl sites for hydroxylation is 2. The Morgan fingerprint density at radius 2 is 1.45 bits per heavy atom. The SMILES string of the molecule is Cc1ccc(Oc2ccc(NC(=O)CCCC(=O)OCC(=O)NNC(=O)c3ccc(Br)cc3)cc2)cc1C. The normalized spacial score (nSPS) is 10.3. The van der Waals surface area contributed by atoms with Crippen molar-refractivity contribution in [2.75, 3.05) is 11.9 Å². The molecule has 0 atom stereocenters. The Bertz CT molecular complexity index is 1290. The maximum atomic E-state index is 12.2. The quantitative estimate of drug-likeness (QED) is 0.229. The van der Waals surface area contributed by atoms with Gasteiger partial charge >= 0.3 is 5.97 Å². The Morgan fingerprint density at radius 3 is 2.13 bits per heavy atom. The van der Waals surface area contributed by atoms with E-state index in [1.54, 1.807) is 48.5 Å². The maximum absolute atomic E-state index is 12.2. The van der Waals surface area contributed by atoms with Gasteiger partial charge in [0, 0.05) is 28.6 Å². The zero-order chi connectivity index (χ0) is 27.5. The van der Waals surface area contributed by atoms with Gasteiger partial charge in [-0.1, -0.05) is 22.0 Å². The highest BCUT2D eigenvalue weighted by atomic mass is 79.9. The van der Waals surface area contributed by atoms with Gasteiger partial charge in [0.25, 0.3) is 11.8 Å². The Hall–Kier alpha value is -4.18. The van der Waals surface area contributed by atoms with Crippen molar-refractivity contribution in [1.29, 1.82) is 0 Å². The minimum Gasteiger partial charge on any atom is -0.457 e. The number of benzene rings is 3. The van der Waals surface area contributed by atoms with E-state index < -0.39 is 24.4 Å². The lowest BCUT2D eigenvalue weighted by atomic mass is 10.1. The number of amides is 3. The molecule has 0 aliphatic heterocycles. The molecule has 0 bridgehead atoms. The van der Waals surface area contributed by atoms with Crippen LogP contribution in [0.3, 0.4) is 0 Å². The highest BCUT2D eigenvalue weighted by Gasteiger charge is 2.11. The number of halogens is 1. The van der Waals surface area contributed by atoms with Gasteiger partial charge in [-0.25, -0.2) is 0 Å². The van der Waals surface area contributed by atoms with Gasteiger partial charge in [-0.05, 0) is 92.1 Å². The third kappa shape index (κ3) is 9.36. The highest BCUT2D eigenvalue weighted by molar-refractivity contribution is 9.10. The van der Waals surface area contributed by atoms with E-state index in [0.29, 0.717) is 17.0 Å². The van der Waals surface area contributed by atoms with Crippen molar-refractivity contribution in [1.82, 2.24) is 10.9 Å². The molecule has 3 rings (SSSR count). The standard InChI is InChI=1S/C28H28BrN3O6/c1-18-6-13-24(16-19(18)2)38-23-14-11-22(12-15-23)30-25(33)4-3-5-27(35)37-17-26(34)31-32-28(36)20-7-9-21(29)10-8-20/h6-16H,3-5,17H2,1-2H3,(H,30,33)(H,31,34)(H,32,36). The molecule has 0 spiro atoms. The van der Waals surface area contributed by atoms with Gasteiger partial charge in [0.1, 0.15) is 11.5 Å². The second kappa shape index (κ2) is 13.9. The van der Waals surface area contributed by atoms with Crippen molar-refractivity contribution in [2.45, 2.75) is 33.1 Å². The van der Waals surface area contributed by atoms with Gasteiger partial charge in [-0.3, -0.25) is 30.0 Å². The van der Waals surface area contributed by atoms with Crippen molar-refractivity contribution in [3.8, 4) is 11.5 Å². The molecule has 0 aliphatic carbocycles. The third-order valence-electron chi connectivity index (χ3n) is 5.42. The Labute approximate surface area is 229 Å². The molecule has 3 aromatic rings. The van der Waals surface area contributed by atoms with Gasteiger partial charge in [0.15, 0.2) is 6.61 Å². The number of ether oxygens (including phenoxy) is 2. The van der Waals surface area contributed by atoms with Crippen LogP contribution in [0.4, 0.5) is 5.69 Å². The van der Waals surface area contributed by atoms with Crippen LogP contribution in [0.1, 0.15) is 40.7 Å². The summed E-state index contributed by atoms with van der Waals surface area (Å²) in [6, 6.07) is 19.4. The summed E-state index contributed by atoms with van der Waals surface area (Å²) in [6.07, 6.45) is 0.320. The van der Waals surface area contributed by atoms with Crippen LogP contribution < -0.4 is 20.9 Å². The monoisotopic (exact) mass is 581 g/mol. The van der Waals surface area contributed by atoms with Crippen LogP contribution in [0.15, 0.2) is 71.2 Å². The summed E-state index contributed by atoms with van der Waals surface area (Å²) in [5, 5.41) is 2.76. The molecular formula is C28H28BrN3O6. The van der Waals surface area contributed by atoms with Crippen LogP contribution in [-0.4, -0.2) is 30.3 Å². The van der Waals surface area contributed by atoms with Gasteiger partial charge in [-0.15, -0.1) is 0 Å². The Kier molecular flexibility index (Phi) is 10.4. The molecule has 0 aromatic heterocycles. The van der Waals surface area contributed by atoms with Crippen molar-refractivity contribution in [3.05, 3.63) is 87.9 Å². The first-order chi connectivity index (χ1) is 18.2. The number of hydrogen-bond acceptors (Lipinski definition) is 6. The number of rotatable bonds is 10. The van der Waals surface area contributed by atoms with E-state index in [9.17, 15) is 19.2 Å². The van der Waals surface area contributed by atoms with Crippen LogP contribution in [0.5, 0.6) is 11.5 Å². The summed E-state index contributed by atoms with van der Waals surface area (Å²) in [5.74, 6) is -0.696. The minimum atomic E-state index is -0.688. The molecule has 198 valence electrons. The van der Waals surface area contributed by atoms with E-state index >= 15 is 0 Å². The fourth-order valence-corrected chi connectivity index (χ4v) is 3.46. The Balaban J connectivity index is 1.30. The summed E-state index contributed by atoms with van der Waals surface area (Å²) in [6.45, 7) is 3.50. The smallest absolute Gasteiger partial charge is 0.306 e. The number of carbonyl (C=O) groups is 4. The highest BCUT2D eigenvalue weighted by Crippen LogP contribution is 2.25. The van der Waals surface area contributed by atoms with E-state index in [4.69, 9.17) is 9.47 Å². The average Bonchev–Trinajstić information content (AvgIpc) is 2.89. The molecule has 3 aromatic carbocycles. The van der Waals surface area contributed by atoms with E-state index in [1.165, 1.54) is 5.56 Å². The Morgan fingerprint density at radius 1 is 0.763 bits per heavy atom. The molecule has 0 aliphatic rings. The second-order valence-corrected chi connectivity index (χ2v) is 9.36. The molecule has 9 nitrogen and oxygen atoms in total. The predicted molar refractivity (Wildman–Crippen MR) is 146 cm³/mol. The van der Waals surface area contributed by atoms with Crippen molar-refractivity contribution >= 4 is 45.3 Å². The number of hydrogen-bond donors (Lipinski definition) is 3. The second-order valence-electron chi connectivity index (χ2n) is 8.44. The summed E-state index contributed by atoms with van der Waals surface area (Å²) in [7, 11) is 0. The molecule has 0 unspecified atom stereocenters. The zero-order valence-electron chi connectivity index (χ0n) is 21.0. The number of hydrazine groups is 1. The largest absolute Gasteiger partial charge is 0.457 e. The van der Waals surface area contributed by atoms with Crippen LogP contribution in [0, 0.1) is 13.8 Å². The van der Waals surface area contributed by atoms with Crippen molar-refractivity contribution < 1.29 is 28.7 Å². The van der Waals surface area contributed by atoms with E-state index in [-0.39, 0.29) is 25.2 Å². The molecule has 0 radical (unpaired) electrons. The first-order valence-electron chi connectivity index (χ1n) is 11.8. The van der Waals surface area contributed by atoms with Crippen LogP contribution in [0.25, 0.3) is 0 Å². The molecule has 0 saturated heterocycles. The minimum absolute atomic E-state index is 0.0330. The maximum Gasteiger partial charge on any atom is 0.306 e. The number of carbonyl (C=O) groups excluding carboxylic acids is 4. The first-order valence-corrected chi connectivity index (χ1v) is 12.6. The van der Waals surface area contributed by atoms with Crippen molar-refractivity contribution in [3.63, 3.8) is 0 Å². The van der Waals surface area contributed by atoms with Gasteiger partial charge in [0.05, 0.1) is 0 Å². The topological polar surface area (TPSA) is 123 Å².